The minimum Gasteiger partial charge on any atom is -0.482 e. The second kappa shape index (κ2) is 5.92. The van der Waals surface area contributed by atoms with Gasteiger partial charge in [-0.2, -0.15) is 4.98 Å². The number of anilines is 1. The fraction of sp³-hybridized carbons (Fsp3) is 0.0714. The van der Waals surface area contributed by atoms with E-state index < -0.39 is 0 Å². The van der Waals surface area contributed by atoms with Crippen LogP contribution in [0, 0.1) is 0 Å². The van der Waals surface area contributed by atoms with E-state index in [1.54, 1.807) is 24.5 Å². The molecule has 7 heteroatoms. The van der Waals surface area contributed by atoms with E-state index in [0.717, 1.165) is 10.0 Å². The number of rotatable bonds is 4. The van der Waals surface area contributed by atoms with E-state index in [0.29, 0.717) is 23.2 Å². The van der Waals surface area contributed by atoms with E-state index >= 15 is 0 Å². The smallest absolute Gasteiger partial charge is 0.264 e. The number of para-hydroxylation sites is 2. The molecule has 3 aromatic rings. The molecular formula is C14H11BrN4O2. The van der Waals surface area contributed by atoms with Gasteiger partial charge in [0.15, 0.2) is 6.61 Å². The van der Waals surface area contributed by atoms with Gasteiger partial charge in [-0.25, -0.2) is 0 Å². The number of pyridine rings is 1. The Morgan fingerprint density at radius 3 is 2.90 bits per heavy atom. The van der Waals surface area contributed by atoms with Crippen molar-refractivity contribution in [2.24, 2.45) is 0 Å². The van der Waals surface area contributed by atoms with Crippen molar-refractivity contribution in [2.75, 3.05) is 5.73 Å². The highest BCUT2D eigenvalue weighted by molar-refractivity contribution is 9.10. The van der Waals surface area contributed by atoms with Gasteiger partial charge in [-0.15, -0.1) is 0 Å². The summed E-state index contributed by atoms with van der Waals surface area (Å²) in [5, 5.41) is 3.90. The zero-order chi connectivity index (χ0) is 14.7. The van der Waals surface area contributed by atoms with Gasteiger partial charge in [-0.1, -0.05) is 17.3 Å². The summed E-state index contributed by atoms with van der Waals surface area (Å²) < 4.78 is 11.5. The lowest BCUT2D eigenvalue weighted by Crippen LogP contribution is -1.98. The van der Waals surface area contributed by atoms with Gasteiger partial charge in [0.2, 0.25) is 5.82 Å². The lowest BCUT2D eigenvalue weighted by Gasteiger charge is -2.05. The lowest BCUT2D eigenvalue weighted by atomic mass is 10.3. The van der Waals surface area contributed by atoms with Gasteiger partial charge in [-0.05, 0) is 34.1 Å². The highest BCUT2D eigenvalue weighted by atomic mass is 79.9. The fourth-order valence-electron chi connectivity index (χ4n) is 1.72. The molecule has 0 radical (unpaired) electrons. The van der Waals surface area contributed by atoms with Crippen molar-refractivity contribution in [3.8, 4) is 17.1 Å². The molecule has 0 aliphatic heterocycles. The Bertz CT molecular complexity index is 760. The number of benzene rings is 1. The maximum atomic E-state index is 5.79. The first kappa shape index (κ1) is 13.6. The summed E-state index contributed by atoms with van der Waals surface area (Å²) >= 11 is 3.35. The maximum absolute atomic E-state index is 5.79. The molecule has 106 valence electrons. The Kier molecular flexibility index (Phi) is 3.83. The van der Waals surface area contributed by atoms with Crippen LogP contribution in [0.5, 0.6) is 5.75 Å². The average Bonchev–Trinajstić information content (AvgIpc) is 2.95. The van der Waals surface area contributed by atoms with E-state index in [1.165, 1.54) is 0 Å². The SMILES string of the molecule is Nc1ccccc1OCc1nc(-c2cncc(Br)c2)no1. The number of hydrogen-bond acceptors (Lipinski definition) is 6. The molecule has 6 nitrogen and oxygen atoms in total. The summed E-state index contributed by atoms with van der Waals surface area (Å²) in [6.45, 7) is 0.155. The molecule has 1 aromatic carbocycles. The van der Waals surface area contributed by atoms with Crippen LogP contribution in [0.25, 0.3) is 11.4 Å². The average molecular weight is 347 g/mol. The van der Waals surface area contributed by atoms with Gasteiger partial charge in [-0.3, -0.25) is 4.98 Å². The van der Waals surface area contributed by atoms with Crippen LogP contribution in [0.1, 0.15) is 5.89 Å². The summed E-state index contributed by atoms with van der Waals surface area (Å²) in [7, 11) is 0. The third-order valence-electron chi connectivity index (χ3n) is 2.70. The summed E-state index contributed by atoms with van der Waals surface area (Å²) in [5.74, 6) is 1.41. The number of nitrogen functional groups attached to an aromatic ring is 1. The largest absolute Gasteiger partial charge is 0.482 e. The highest BCUT2D eigenvalue weighted by Gasteiger charge is 2.10. The molecular weight excluding hydrogens is 336 g/mol. The van der Waals surface area contributed by atoms with Crippen molar-refractivity contribution in [1.29, 1.82) is 0 Å². The number of aromatic nitrogens is 3. The number of hydrogen-bond donors (Lipinski definition) is 1. The Balaban J connectivity index is 1.72. The minimum absolute atomic E-state index is 0.155. The van der Waals surface area contributed by atoms with Gasteiger partial charge in [0, 0.05) is 22.4 Å². The van der Waals surface area contributed by atoms with E-state index in [9.17, 15) is 0 Å². The summed E-state index contributed by atoms with van der Waals surface area (Å²) in [4.78, 5) is 8.32. The first-order chi connectivity index (χ1) is 10.2. The van der Waals surface area contributed by atoms with E-state index in [4.69, 9.17) is 15.0 Å². The molecule has 3 rings (SSSR count). The second-order valence-corrected chi connectivity index (χ2v) is 5.15. The monoisotopic (exact) mass is 346 g/mol. The Morgan fingerprint density at radius 2 is 2.10 bits per heavy atom. The molecule has 0 amide bonds. The summed E-state index contributed by atoms with van der Waals surface area (Å²) in [5.41, 5.74) is 7.12. The molecule has 0 saturated carbocycles. The van der Waals surface area contributed by atoms with Crippen LogP contribution in [0.2, 0.25) is 0 Å². The zero-order valence-corrected chi connectivity index (χ0v) is 12.4. The predicted octanol–water partition coefficient (Wildman–Crippen LogP) is 3.06. The summed E-state index contributed by atoms with van der Waals surface area (Å²) in [6.07, 6.45) is 3.35. The van der Waals surface area contributed by atoms with Gasteiger partial charge < -0.3 is 15.0 Å². The maximum Gasteiger partial charge on any atom is 0.264 e. The van der Waals surface area contributed by atoms with Gasteiger partial charge >= 0.3 is 0 Å². The Hall–Kier alpha value is -2.41. The molecule has 0 spiro atoms. The molecule has 0 saturated heterocycles. The van der Waals surface area contributed by atoms with E-state index in [2.05, 4.69) is 31.1 Å². The van der Waals surface area contributed by atoms with Crippen LogP contribution in [0.3, 0.4) is 0 Å². The van der Waals surface area contributed by atoms with Crippen molar-refractivity contribution < 1.29 is 9.26 Å². The molecule has 0 bridgehead atoms. The Morgan fingerprint density at radius 1 is 1.24 bits per heavy atom. The highest BCUT2D eigenvalue weighted by Crippen LogP contribution is 2.22. The third-order valence-corrected chi connectivity index (χ3v) is 3.13. The van der Waals surface area contributed by atoms with Gasteiger partial charge in [0.25, 0.3) is 5.89 Å². The number of halogens is 1. The normalized spacial score (nSPS) is 10.5. The number of ether oxygens (including phenoxy) is 1. The fourth-order valence-corrected chi connectivity index (χ4v) is 2.08. The molecule has 21 heavy (non-hydrogen) atoms. The first-order valence-electron chi connectivity index (χ1n) is 6.13. The standard InChI is InChI=1S/C14H11BrN4O2/c15-10-5-9(6-17-7-10)14-18-13(21-19-14)8-20-12-4-2-1-3-11(12)16/h1-7H,8,16H2. The van der Waals surface area contributed by atoms with Crippen LogP contribution in [-0.4, -0.2) is 15.1 Å². The van der Waals surface area contributed by atoms with Gasteiger partial charge in [0.05, 0.1) is 5.69 Å². The van der Waals surface area contributed by atoms with Crippen LogP contribution in [-0.2, 0) is 6.61 Å². The molecule has 2 heterocycles. The molecule has 0 atom stereocenters. The molecule has 2 N–H and O–H groups in total. The van der Waals surface area contributed by atoms with Crippen molar-refractivity contribution >= 4 is 21.6 Å². The molecule has 0 fully saturated rings. The lowest BCUT2D eigenvalue weighted by molar-refractivity contribution is 0.244. The predicted molar refractivity (Wildman–Crippen MR) is 80.4 cm³/mol. The second-order valence-electron chi connectivity index (χ2n) is 4.23. The van der Waals surface area contributed by atoms with Crippen LogP contribution >= 0.6 is 15.9 Å². The molecule has 0 aliphatic carbocycles. The zero-order valence-electron chi connectivity index (χ0n) is 10.9. The molecule has 2 aromatic heterocycles. The number of nitrogens with two attached hydrogens (primary N) is 1. The van der Waals surface area contributed by atoms with Gasteiger partial charge in [0.1, 0.15) is 5.75 Å². The minimum atomic E-state index is 0.155. The molecule has 0 aliphatic rings. The number of nitrogens with zero attached hydrogens (tertiary/aromatic N) is 3. The van der Waals surface area contributed by atoms with Crippen molar-refractivity contribution in [3.63, 3.8) is 0 Å². The Labute approximate surface area is 129 Å². The van der Waals surface area contributed by atoms with Crippen LogP contribution in [0.15, 0.2) is 51.7 Å². The van der Waals surface area contributed by atoms with Crippen LogP contribution in [0.4, 0.5) is 5.69 Å². The molecule has 0 unspecified atom stereocenters. The summed E-state index contributed by atoms with van der Waals surface area (Å²) in [6, 6.07) is 9.09. The van der Waals surface area contributed by atoms with Crippen molar-refractivity contribution in [1.82, 2.24) is 15.1 Å². The first-order valence-corrected chi connectivity index (χ1v) is 6.92. The van der Waals surface area contributed by atoms with E-state index in [1.807, 2.05) is 18.2 Å². The van der Waals surface area contributed by atoms with E-state index in [-0.39, 0.29) is 6.61 Å². The van der Waals surface area contributed by atoms with Crippen molar-refractivity contribution in [2.45, 2.75) is 6.61 Å². The quantitative estimate of drug-likeness (QED) is 0.730. The third kappa shape index (κ3) is 3.19. The van der Waals surface area contributed by atoms with Crippen LogP contribution < -0.4 is 10.5 Å². The topological polar surface area (TPSA) is 87.1 Å². The van der Waals surface area contributed by atoms with Crippen molar-refractivity contribution in [3.05, 3.63) is 53.1 Å².